The third kappa shape index (κ3) is 6.98. The van der Waals surface area contributed by atoms with Crippen molar-refractivity contribution in [2.75, 3.05) is 0 Å². The van der Waals surface area contributed by atoms with E-state index in [9.17, 15) is 0 Å². The summed E-state index contributed by atoms with van der Waals surface area (Å²) >= 11 is 0. The molecule has 217 valence electrons. The van der Waals surface area contributed by atoms with Gasteiger partial charge in [0.15, 0.2) is 0 Å². The maximum Gasteiger partial charge on any atom is 0.120 e. The number of rotatable bonds is 5. The van der Waals surface area contributed by atoms with Gasteiger partial charge in [0.2, 0.25) is 0 Å². The third-order valence-corrected chi connectivity index (χ3v) is 8.83. The Morgan fingerprint density at radius 3 is 2.38 bits per heavy atom. The molecule has 0 fully saturated rings. The van der Waals surface area contributed by atoms with E-state index in [0.29, 0.717) is 28.0 Å². The minimum Gasteiger partial charge on any atom is -0.501 e. The predicted molar refractivity (Wildman–Crippen MR) is 175 cm³/mol. The molecule has 3 nitrogen and oxygen atoms in total. The van der Waals surface area contributed by atoms with Crippen molar-refractivity contribution in [2.24, 2.45) is 5.92 Å². The van der Waals surface area contributed by atoms with Crippen molar-refractivity contribution in [3.63, 3.8) is 0 Å². The van der Waals surface area contributed by atoms with Gasteiger partial charge in [-0.1, -0.05) is 86.3 Å². The van der Waals surface area contributed by atoms with Gasteiger partial charge in [0.25, 0.3) is 0 Å². The van der Waals surface area contributed by atoms with E-state index < -0.39 is 34.1 Å². The molecule has 42 heavy (non-hydrogen) atoms. The summed E-state index contributed by atoms with van der Waals surface area (Å²) in [5, 5.41) is 3.10. The predicted octanol–water partition coefficient (Wildman–Crippen LogP) is 9.36. The Labute approximate surface area is 276 Å². The Kier molecular flexibility index (Phi) is 7.03. The standard InChI is InChI=1S/C25H28NOSi.C12H10N.Ir/c1-16(2)13-18-14-21(26-15-17(18)3)19-11-12-23(28(4,5)6)24-20-9-7-8-10-22(20)27-25(19)24;1-10-7-8-12(13-9-10)11-5-3-2-4-6-11;/h7-10,12,14-16H,13H2,1-6H3;2-5,7-9H,1H3;/q2*-1;/i1D3,2D3,13D2;;. The van der Waals surface area contributed by atoms with Gasteiger partial charge in [0.1, 0.15) is 5.58 Å². The van der Waals surface area contributed by atoms with Crippen molar-refractivity contribution >= 4 is 35.2 Å². The van der Waals surface area contributed by atoms with Gasteiger partial charge in [-0.2, -0.15) is 0 Å². The molecule has 0 atom stereocenters. The minimum absolute atomic E-state index is 0. The first-order valence-electron chi connectivity index (χ1n) is 17.5. The van der Waals surface area contributed by atoms with Gasteiger partial charge < -0.3 is 14.4 Å². The normalized spacial score (nSPS) is 15.1. The Bertz CT molecular complexity index is 2070. The van der Waals surface area contributed by atoms with Crippen molar-refractivity contribution in [3.05, 3.63) is 114 Å². The first-order chi connectivity index (χ1) is 22.8. The van der Waals surface area contributed by atoms with E-state index in [4.69, 9.17) is 15.4 Å². The van der Waals surface area contributed by atoms with Crippen LogP contribution in [0.25, 0.3) is 44.5 Å². The molecule has 0 aliphatic rings. The fraction of sp³-hybridized carbons (Fsp3) is 0.243. The molecule has 1 radical (unpaired) electrons. The van der Waals surface area contributed by atoms with Crippen molar-refractivity contribution in [2.45, 2.75) is 53.6 Å². The summed E-state index contributed by atoms with van der Waals surface area (Å²) in [6.07, 6.45) is 0.632. The zero-order valence-electron chi connectivity index (χ0n) is 32.3. The molecule has 0 aliphatic heterocycles. The van der Waals surface area contributed by atoms with E-state index in [1.54, 1.807) is 6.92 Å². The number of hydrogen-bond acceptors (Lipinski definition) is 3. The van der Waals surface area contributed by atoms with Gasteiger partial charge >= 0.3 is 0 Å². The van der Waals surface area contributed by atoms with Crippen LogP contribution in [-0.4, -0.2) is 18.0 Å². The van der Waals surface area contributed by atoms with Crippen molar-refractivity contribution in [1.29, 1.82) is 0 Å². The third-order valence-electron chi connectivity index (χ3n) is 6.82. The van der Waals surface area contributed by atoms with Crippen LogP contribution in [0.1, 0.15) is 41.4 Å². The Balaban J connectivity index is 0.000000335. The monoisotopic (exact) mass is 755 g/mol. The largest absolute Gasteiger partial charge is 0.501 e. The van der Waals surface area contributed by atoms with Gasteiger partial charge in [0.05, 0.1) is 5.58 Å². The number of aromatic nitrogens is 2. The average molecular weight is 755 g/mol. The van der Waals surface area contributed by atoms with Gasteiger partial charge in [-0.15, -0.1) is 53.2 Å². The topological polar surface area (TPSA) is 38.9 Å². The van der Waals surface area contributed by atoms with E-state index >= 15 is 0 Å². The molecule has 0 saturated heterocycles. The summed E-state index contributed by atoms with van der Waals surface area (Å²) in [5.41, 5.74) is 5.66. The molecule has 6 aromatic rings. The first kappa shape index (κ1) is 22.2. The van der Waals surface area contributed by atoms with Gasteiger partial charge in [-0.25, -0.2) is 0 Å². The molecule has 0 N–H and O–H groups in total. The molecule has 3 aromatic carbocycles. The Morgan fingerprint density at radius 2 is 1.69 bits per heavy atom. The van der Waals surface area contributed by atoms with Crippen LogP contribution in [0.15, 0.2) is 89.6 Å². The fourth-order valence-corrected chi connectivity index (χ4v) is 6.21. The van der Waals surface area contributed by atoms with Gasteiger partial charge in [0, 0.05) is 56.9 Å². The minimum atomic E-state index is -3.04. The summed E-state index contributed by atoms with van der Waals surface area (Å²) in [6, 6.07) is 29.5. The van der Waals surface area contributed by atoms with Crippen molar-refractivity contribution in [1.82, 2.24) is 9.97 Å². The van der Waals surface area contributed by atoms with Crippen LogP contribution < -0.4 is 5.19 Å². The van der Waals surface area contributed by atoms with Crippen LogP contribution in [-0.2, 0) is 26.5 Å². The van der Waals surface area contributed by atoms with E-state index in [2.05, 4.69) is 47.8 Å². The number of nitrogens with zero attached hydrogens (tertiary/aromatic N) is 2. The second-order valence-corrected chi connectivity index (χ2v) is 16.1. The van der Waals surface area contributed by atoms with E-state index in [1.165, 1.54) is 23.0 Å². The molecule has 0 aliphatic carbocycles. The van der Waals surface area contributed by atoms with Crippen molar-refractivity contribution < 1.29 is 35.5 Å². The summed E-state index contributed by atoms with van der Waals surface area (Å²) in [7, 11) is -1.81. The van der Waals surface area contributed by atoms with Crippen LogP contribution in [0.4, 0.5) is 0 Å². The zero-order chi connectivity index (χ0) is 35.9. The number of aryl methyl sites for hydroxylation is 2. The molecule has 3 aromatic heterocycles. The zero-order valence-corrected chi connectivity index (χ0v) is 27.7. The maximum atomic E-state index is 8.69. The summed E-state index contributed by atoms with van der Waals surface area (Å²) in [4.78, 5) is 8.81. The van der Waals surface area contributed by atoms with Gasteiger partial charge in [-0.05, 0) is 54.7 Å². The Hall–Kier alpha value is -3.37. The Morgan fingerprint density at radius 1 is 0.929 bits per heavy atom. The number of benzene rings is 3. The number of pyridine rings is 2. The second kappa shape index (κ2) is 13.3. The quantitative estimate of drug-likeness (QED) is 0.130. The molecule has 6 rings (SSSR count). The molecule has 5 heteroatoms. The fourth-order valence-electron chi connectivity index (χ4n) is 4.70. The SMILES string of the molecule is Cc1ccc(-c2[c-]cccc2)nc1.[2H]C([2H])([2H])C(C([2H])([2H])[2H])C([2H])([2H])c1cc(-c2[c-]cc([Si](C)(C)C)c3c2oc2ccccc23)ncc1C.[Ir]. The number of furan rings is 1. The summed E-state index contributed by atoms with van der Waals surface area (Å²) in [6.45, 7) is 4.25. The van der Waals surface area contributed by atoms with Crippen LogP contribution in [0.5, 0.6) is 0 Å². The number of fused-ring (bicyclic) bond motifs is 3. The molecule has 0 bridgehead atoms. The van der Waals surface area contributed by atoms with Crippen molar-refractivity contribution in [3.8, 4) is 22.5 Å². The molecule has 0 spiro atoms. The van der Waals surface area contributed by atoms with Crippen LogP contribution in [0.2, 0.25) is 19.6 Å². The molecule has 3 heterocycles. The molecule has 0 unspecified atom stereocenters. The van der Waals surface area contributed by atoms with E-state index in [0.717, 1.165) is 22.0 Å². The molecule has 0 saturated carbocycles. The number of para-hydroxylation sites is 1. The smallest absolute Gasteiger partial charge is 0.120 e. The summed E-state index contributed by atoms with van der Waals surface area (Å²) in [5.74, 6) is -2.21. The van der Waals surface area contributed by atoms with E-state index in [-0.39, 0.29) is 25.7 Å². The maximum absolute atomic E-state index is 8.69. The van der Waals surface area contributed by atoms with E-state index in [1.807, 2.05) is 73.8 Å². The first-order valence-corrected chi connectivity index (χ1v) is 17.0. The second-order valence-electron chi connectivity index (χ2n) is 11.1. The molecule has 0 amide bonds. The number of hydrogen-bond donors (Lipinski definition) is 0. The van der Waals surface area contributed by atoms with Crippen LogP contribution in [0.3, 0.4) is 0 Å². The van der Waals surface area contributed by atoms with Gasteiger partial charge in [-0.3, -0.25) is 0 Å². The molecular weight excluding hydrogens is 709 g/mol. The summed E-state index contributed by atoms with van der Waals surface area (Å²) < 4.78 is 70.4. The molecular formula is C37H38IrN2OSi-2. The van der Waals surface area contributed by atoms with Crippen LogP contribution in [0, 0.1) is 31.9 Å². The average Bonchev–Trinajstić information content (AvgIpc) is 3.39. The van der Waals surface area contributed by atoms with Crippen LogP contribution >= 0.6 is 0 Å².